The number of cyclic esters (lactones) is 1. The molecule has 0 aromatic carbocycles. The number of rotatable bonds is 10. The van der Waals surface area contributed by atoms with Crippen molar-refractivity contribution in [2.75, 3.05) is 79.6 Å². The van der Waals surface area contributed by atoms with Crippen LogP contribution in [0.3, 0.4) is 0 Å². The minimum absolute atomic E-state index is 0.0367. The second kappa shape index (κ2) is 14.8. The Kier molecular flexibility index (Phi) is 11.8. The molecule has 2 atom stereocenters. The van der Waals surface area contributed by atoms with Gasteiger partial charge in [0.25, 0.3) is 0 Å². The monoisotopic (exact) mass is 567 g/mol. The predicted molar refractivity (Wildman–Crippen MR) is 150 cm³/mol. The van der Waals surface area contributed by atoms with E-state index in [4.69, 9.17) is 19.6 Å². The molecule has 228 valence electrons. The summed E-state index contributed by atoms with van der Waals surface area (Å²) in [6.45, 7) is 13.7. The number of hydrogen-bond acceptors (Lipinski definition) is 10. The SMILES string of the molecule is COC(=O)CCCN1CCN(C2OC(=O)N(C)C2CCCCN2CCN(C(=N)NC(=O)OC(C)(C)C)CC2)CC1. The highest BCUT2D eigenvalue weighted by atomic mass is 16.6. The zero-order chi connectivity index (χ0) is 29.3. The molecule has 0 bridgehead atoms. The van der Waals surface area contributed by atoms with E-state index in [-0.39, 0.29) is 30.3 Å². The predicted octanol–water partition coefficient (Wildman–Crippen LogP) is 1.58. The molecule has 0 aromatic rings. The van der Waals surface area contributed by atoms with Gasteiger partial charge in [0.05, 0.1) is 13.2 Å². The van der Waals surface area contributed by atoms with E-state index in [1.807, 2.05) is 11.9 Å². The maximum Gasteiger partial charge on any atom is 0.414 e. The van der Waals surface area contributed by atoms with Crippen LogP contribution in [0, 0.1) is 5.41 Å². The number of methoxy groups -OCH3 is 1. The molecule has 2 unspecified atom stereocenters. The van der Waals surface area contributed by atoms with Crippen molar-refractivity contribution in [3.8, 4) is 0 Å². The molecule has 13 heteroatoms. The smallest absolute Gasteiger partial charge is 0.414 e. The van der Waals surface area contributed by atoms with Gasteiger partial charge in [-0.2, -0.15) is 0 Å². The second-order valence-corrected chi connectivity index (χ2v) is 11.8. The lowest BCUT2D eigenvalue weighted by molar-refractivity contribution is -0.140. The number of nitrogens with zero attached hydrogens (tertiary/aromatic N) is 5. The van der Waals surface area contributed by atoms with Gasteiger partial charge in [-0.25, -0.2) is 9.59 Å². The molecule has 3 rings (SSSR count). The van der Waals surface area contributed by atoms with Crippen LogP contribution in [0.15, 0.2) is 0 Å². The molecule has 0 spiro atoms. The largest absolute Gasteiger partial charge is 0.469 e. The van der Waals surface area contributed by atoms with Gasteiger partial charge >= 0.3 is 18.2 Å². The third-order valence-corrected chi connectivity index (χ3v) is 7.72. The molecule has 3 aliphatic heterocycles. The number of ether oxygens (including phenoxy) is 3. The van der Waals surface area contributed by atoms with Crippen LogP contribution in [-0.2, 0) is 19.0 Å². The number of piperazine rings is 2. The number of carbonyl (C=O) groups is 3. The molecule has 2 N–H and O–H groups in total. The number of amides is 2. The summed E-state index contributed by atoms with van der Waals surface area (Å²) in [5, 5.41) is 10.7. The molecule has 40 heavy (non-hydrogen) atoms. The summed E-state index contributed by atoms with van der Waals surface area (Å²) in [6, 6.07) is 0.0367. The Bertz CT molecular complexity index is 866. The van der Waals surface area contributed by atoms with Crippen molar-refractivity contribution in [2.45, 2.75) is 70.7 Å². The Morgan fingerprint density at radius 1 is 0.975 bits per heavy atom. The van der Waals surface area contributed by atoms with E-state index in [0.717, 1.165) is 78.0 Å². The van der Waals surface area contributed by atoms with Crippen LogP contribution in [0.5, 0.6) is 0 Å². The first-order valence-electron chi connectivity index (χ1n) is 14.5. The zero-order valence-electron chi connectivity index (χ0n) is 24.9. The molecule has 0 aromatic heterocycles. The number of hydrogen-bond donors (Lipinski definition) is 2. The summed E-state index contributed by atoms with van der Waals surface area (Å²) >= 11 is 0. The fourth-order valence-electron chi connectivity index (χ4n) is 5.40. The van der Waals surface area contributed by atoms with Gasteiger partial charge in [0.15, 0.2) is 6.23 Å². The Hall–Kier alpha value is -2.64. The molecule has 3 aliphatic rings. The van der Waals surface area contributed by atoms with Crippen molar-refractivity contribution in [1.29, 1.82) is 5.41 Å². The van der Waals surface area contributed by atoms with E-state index >= 15 is 0 Å². The van der Waals surface area contributed by atoms with Crippen LogP contribution in [0.1, 0.15) is 52.9 Å². The summed E-state index contributed by atoms with van der Waals surface area (Å²) in [5.74, 6) is -0.0892. The molecular weight excluding hydrogens is 518 g/mol. The van der Waals surface area contributed by atoms with Gasteiger partial charge in [-0.3, -0.25) is 25.3 Å². The normalized spacial score (nSPS) is 23.2. The summed E-state index contributed by atoms with van der Waals surface area (Å²) in [7, 11) is 3.25. The van der Waals surface area contributed by atoms with Crippen LogP contribution < -0.4 is 5.32 Å². The first-order chi connectivity index (χ1) is 19.0. The van der Waals surface area contributed by atoms with Gasteiger partial charge in [0, 0.05) is 65.8 Å². The van der Waals surface area contributed by atoms with Gasteiger partial charge in [-0.15, -0.1) is 0 Å². The molecule has 3 fully saturated rings. The van der Waals surface area contributed by atoms with E-state index in [2.05, 4.69) is 20.0 Å². The van der Waals surface area contributed by atoms with Crippen molar-refractivity contribution < 1.29 is 28.6 Å². The maximum atomic E-state index is 12.4. The van der Waals surface area contributed by atoms with Gasteiger partial charge in [0.1, 0.15) is 5.60 Å². The highest BCUT2D eigenvalue weighted by Gasteiger charge is 2.43. The molecule has 0 aliphatic carbocycles. The molecule has 3 heterocycles. The van der Waals surface area contributed by atoms with E-state index in [9.17, 15) is 14.4 Å². The number of esters is 1. The first kappa shape index (κ1) is 31.9. The minimum atomic E-state index is -0.602. The molecule has 0 radical (unpaired) electrons. The maximum absolute atomic E-state index is 12.4. The lowest BCUT2D eigenvalue weighted by Gasteiger charge is -2.39. The third-order valence-electron chi connectivity index (χ3n) is 7.72. The van der Waals surface area contributed by atoms with E-state index in [0.29, 0.717) is 19.5 Å². The lowest BCUT2D eigenvalue weighted by atomic mass is 10.1. The fourth-order valence-corrected chi connectivity index (χ4v) is 5.40. The van der Waals surface area contributed by atoms with Crippen molar-refractivity contribution >= 4 is 24.1 Å². The van der Waals surface area contributed by atoms with Crippen LogP contribution in [0.25, 0.3) is 0 Å². The highest BCUT2D eigenvalue weighted by molar-refractivity contribution is 5.92. The van der Waals surface area contributed by atoms with Crippen LogP contribution in [0.2, 0.25) is 0 Å². The van der Waals surface area contributed by atoms with Crippen molar-refractivity contribution in [1.82, 2.24) is 29.8 Å². The molecule has 13 nitrogen and oxygen atoms in total. The van der Waals surface area contributed by atoms with Crippen molar-refractivity contribution in [3.63, 3.8) is 0 Å². The average Bonchev–Trinajstić information content (AvgIpc) is 3.19. The number of likely N-dealkylation sites (N-methyl/N-ethyl adjacent to an activating group) is 1. The Morgan fingerprint density at radius 3 is 2.17 bits per heavy atom. The Labute approximate surface area is 238 Å². The van der Waals surface area contributed by atoms with E-state index < -0.39 is 11.7 Å². The van der Waals surface area contributed by atoms with Crippen LogP contribution in [-0.4, -0.2) is 146 Å². The zero-order valence-corrected chi connectivity index (χ0v) is 24.9. The summed E-state index contributed by atoms with van der Waals surface area (Å²) in [6.07, 6.45) is 3.05. The van der Waals surface area contributed by atoms with E-state index in [1.165, 1.54) is 7.11 Å². The van der Waals surface area contributed by atoms with Crippen molar-refractivity contribution in [3.05, 3.63) is 0 Å². The molecule has 2 amide bonds. The van der Waals surface area contributed by atoms with Crippen LogP contribution >= 0.6 is 0 Å². The van der Waals surface area contributed by atoms with Gasteiger partial charge in [0.2, 0.25) is 5.96 Å². The number of carbonyl (C=O) groups excluding carboxylic acids is 3. The minimum Gasteiger partial charge on any atom is -0.469 e. The Morgan fingerprint density at radius 2 is 1.57 bits per heavy atom. The third kappa shape index (κ3) is 9.77. The first-order valence-corrected chi connectivity index (χ1v) is 14.5. The fraction of sp³-hybridized carbons (Fsp3) is 0.852. The van der Waals surface area contributed by atoms with Gasteiger partial charge < -0.3 is 28.9 Å². The Balaban J connectivity index is 1.34. The average molecular weight is 568 g/mol. The van der Waals surface area contributed by atoms with Gasteiger partial charge in [-0.05, 0) is 59.5 Å². The summed E-state index contributed by atoms with van der Waals surface area (Å²) in [5.41, 5.74) is -0.599. The van der Waals surface area contributed by atoms with Gasteiger partial charge in [-0.1, -0.05) is 0 Å². The van der Waals surface area contributed by atoms with E-state index in [1.54, 1.807) is 25.7 Å². The van der Waals surface area contributed by atoms with Crippen molar-refractivity contribution in [2.24, 2.45) is 0 Å². The highest BCUT2D eigenvalue weighted by Crippen LogP contribution is 2.26. The number of guanidine groups is 1. The standard InChI is InChI=1S/C27H49N7O6/c1-27(2,3)40-25(36)29-24(28)34-19-15-31(16-20-34)11-7-6-9-21-23(39-26(37)30(21)4)33-17-13-32(14-18-33)12-8-10-22(35)38-5/h21,23H,6-20H2,1-5H3,(H2,28,29,36). The van der Waals surface area contributed by atoms with Crippen LogP contribution in [0.4, 0.5) is 9.59 Å². The molecular formula is C27H49N7O6. The molecule has 0 saturated carbocycles. The second-order valence-electron chi connectivity index (χ2n) is 11.8. The quantitative estimate of drug-likeness (QED) is 0.132. The topological polar surface area (TPSA) is 131 Å². The summed E-state index contributed by atoms with van der Waals surface area (Å²) in [4.78, 5) is 46.3. The molecule has 3 saturated heterocycles. The number of nitrogens with one attached hydrogen (secondary N) is 2. The summed E-state index contributed by atoms with van der Waals surface area (Å²) < 4.78 is 15.7. The lowest BCUT2D eigenvalue weighted by Crippen LogP contribution is -2.54. The number of alkyl carbamates (subject to hydrolysis) is 1. The number of unbranched alkanes of at least 4 members (excludes halogenated alkanes) is 1.